The molecule has 0 aromatic carbocycles. The molecule has 1 rings (SSSR count). The largest absolute Gasteiger partial charge is 0.481 e. The number of amides is 1. The Morgan fingerprint density at radius 2 is 2.29 bits per heavy atom. The molecule has 114 valence electrons. The number of carboxylic acids is 1. The lowest BCUT2D eigenvalue weighted by molar-refractivity contribution is -0.136. The molecule has 0 spiro atoms. The number of thioether (sulfide) groups is 1. The van der Waals surface area contributed by atoms with Crippen molar-refractivity contribution in [3.63, 3.8) is 0 Å². The van der Waals surface area contributed by atoms with Crippen LogP contribution in [0.15, 0.2) is 9.72 Å². The van der Waals surface area contributed by atoms with E-state index < -0.39 is 11.5 Å². The summed E-state index contributed by atoms with van der Waals surface area (Å²) in [5.41, 5.74) is -0.408. The SMILES string of the molecule is CC(C)C(C)(C#N)NC(=O)CSc1nc(CC(=O)O)cs1. The van der Waals surface area contributed by atoms with Gasteiger partial charge in [0.25, 0.3) is 0 Å². The molecule has 0 bridgehead atoms. The summed E-state index contributed by atoms with van der Waals surface area (Å²) in [4.78, 5) is 26.6. The van der Waals surface area contributed by atoms with Crippen molar-refractivity contribution in [3.8, 4) is 6.07 Å². The van der Waals surface area contributed by atoms with Crippen LogP contribution in [0.2, 0.25) is 0 Å². The molecule has 1 aromatic heterocycles. The van der Waals surface area contributed by atoms with E-state index in [1.54, 1.807) is 12.3 Å². The number of nitrogens with one attached hydrogen (secondary N) is 1. The minimum absolute atomic E-state index is 0.00141. The summed E-state index contributed by atoms with van der Waals surface area (Å²) in [5.74, 6) is -1.04. The fourth-order valence-electron chi connectivity index (χ4n) is 1.35. The zero-order valence-corrected chi connectivity index (χ0v) is 13.7. The molecule has 2 N–H and O–H groups in total. The third-order valence-corrected chi connectivity index (χ3v) is 5.05. The highest BCUT2D eigenvalue weighted by Gasteiger charge is 2.29. The van der Waals surface area contributed by atoms with E-state index in [1.165, 1.54) is 23.1 Å². The van der Waals surface area contributed by atoms with Crippen molar-refractivity contribution in [1.29, 1.82) is 5.26 Å². The number of rotatable bonds is 7. The van der Waals surface area contributed by atoms with Gasteiger partial charge in [0.05, 0.1) is 23.9 Å². The molecule has 6 nitrogen and oxygen atoms in total. The first kappa shape index (κ1) is 17.5. The lowest BCUT2D eigenvalue weighted by atomic mass is 9.90. The third kappa shape index (κ3) is 5.36. The molecule has 1 amide bonds. The van der Waals surface area contributed by atoms with Crippen molar-refractivity contribution in [3.05, 3.63) is 11.1 Å². The zero-order chi connectivity index (χ0) is 16.0. The summed E-state index contributed by atoms with van der Waals surface area (Å²) in [7, 11) is 0. The molecule has 1 aromatic rings. The quantitative estimate of drug-likeness (QED) is 0.742. The van der Waals surface area contributed by atoms with Gasteiger partial charge in [-0.25, -0.2) is 4.98 Å². The topological polar surface area (TPSA) is 103 Å². The molecule has 21 heavy (non-hydrogen) atoms. The first-order valence-electron chi connectivity index (χ1n) is 6.28. The molecule has 0 aliphatic heterocycles. The van der Waals surface area contributed by atoms with Crippen LogP contribution in [0, 0.1) is 17.2 Å². The van der Waals surface area contributed by atoms with Gasteiger partial charge in [0.1, 0.15) is 5.54 Å². The molecule has 0 fully saturated rings. The summed E-state index contributed by atoms with van der Waals surface area (Å²) in [6.45, 7) is 5.43. The van der Waals surface area contributed by atoms with Crippen LogP contribution in [-0.4, -0.2) is 33.3 Å². The van der Waals surface area contributed by atoms with E-state index in [9.17, 15) is 9.59 Å². The van der Waals surface area contributed by atoms with Crippen molar-refractivity contribution < 1.29 is 14.7 Å². The second-order valence-corrected chi connectivity index (χ2v) is 7.06. The number of aliphatic carboxylic acids is 1. The van der Waals surface area contributed by atoms with Crippen LogP contribution in [0.1, 0.15) is 26.5 Å². The number of aromatic nitrogens is 1. The average molecular weight is 327 g/mol. The summed E-state index contributed by atoms with van der Waals surface area (Å²) in [6.07, 6.45) is -0.122. The number of hydrogen-bond acceptors (Lipinski definition) is 6. The van der Waals surface area contributed by atoms with Crippen molar-refractivity contribution in [1.82, 2.24) is 10.3 Å². The monoisotopic (exact) mass is 327 g/mol. The minimum atomic E-state index is -0.934. The van der Waals surface area contributed by atoms with E-state index in [0.29, 0.717) is 10.0 Å². The Labute approximate surface area is 131 Å². The van der Waals surface area contributed by atoms with Crippen LogP contribution in [0.4, 0.5) is 0 Å². The van der Waals surface area contributed by atoms with Crippen LogP contribution < -0.4 is 5.32 Å². The Hall–Kier alpha value is -1.59. The Kier molecular flexibility index (Phi) is 6.18. The predicted octanol–water partition coefficient (Wildman–Crippen LogP) is 1.92. The summed E-state index contributed by atoms with van der Waals surface area (Å²) in [6, 6.07) is 2.11. The molecule has 1 unspecified atom stereocenters. The number of nitrogens with zero attached hydrogens (tertiary/aromatic N) is 2. The van der Waals surface area contributed by atoms with Gasteiger partial charge in [-0.3, -0.25) is 9.59 Å². The number of thiazole rings is 1. The van der Waals surface area contributed by atoms with Crippen molar-refractivity contribution in [2.45, 2.75) is 37.1 Å². The summed E-state index contributed by atoms with van der Waals surface area (Å²) < 4.78 is 0.643. The Bertz CT molecular complexity index is 565. The molecule has 0 aliphatic rings. The lowest BCUT2D eigenvalue weighted by Crippen LogP contribution is -2.49. The molecule has 0 aliphatic carbocycles. The fourth-order valence-corrected chi connectivity index (χ4v) is 2.99. The van der Waals surface area contributed by atoms with E-state index in [0.717, 1.165) is 0 Å². The van der Waals surface area contributed by atoms with Gasteiger partial charge in [-0.1, -0.05) is 25.6 Å². The summed E-state index contributed by atoms with van der Waals surface area (Å²) >= 11 is 2.54. The van der Waals surface area contributed by atoms with Gasteiger partial charge in [0, 0.05) is 5.38 Å². The zero-order valence-electron chi connectivity index (χ0n) is 12.0. The van der Waals surface area contributed by atoms with Gasteiger partial charge in [0.15, 0.2) is 4.34 Å². The normalized spacial score (nSPS) is 13.5. The number of nitriles is 1. The first-order chi connectivity index (χ1) is 9.76. The van der Waals surface area contributed by atoms with E-state index in [4.69, 9.17) is 10.4 Å². The van der Waals surface area contributed by atoms with Gasteiger partial charge in [-0.05, 0) is 12.8 Å². The number of hydrogen-bond donors (Lipinski definition) is 2. The van der Waals surface area contributed by atoms with Crippen molar-refractivity contribution >= 4 is 35.0 Å². The van der Waals surface area contributed by atoms with Crippen molar-refractivity contribution in [2.75, 3.05) is 5.75 Å². The standard InChI is InChI=1S/C13H17N3O3S2/c1-8(2)13(3,7-14)16-10(17)6-21-12-15-9(5-20-12)4-11(18)19/h5,8H,4,6H2,1-3H3,(H,16,17)(H,18,19). The maximum Gasteiger partial charge on any atom is 0.309 e. The number of carboxylic acid groups (broad SMARTS) is 1. The van der Waals surface area contributed by atoms with Crippen LogP contribution in [0.25, 0.3) is 0 Å². The van der Waals surface area contributed by atoms with Crippen LogP contribution in [0.5, 0.6) is 0 Å². The van der Waals surface area contributed by atoms with Gasteiger partial charge < -0.3 is 10.4 Å². The minimum Gasteiger partial charge on any atom is -0.481 e. The summed E-state index contributed by atoms with van der Waals surface area (Å²) in [5, 5.41) is 22.2. The van der Waals surface area contributed by atoms with Crippen LogP contribution >= 0.6 is 23.1 Å². The molecular weight excluding hydrogens is 310 g/mol. The molecule has 8 heteroatoms. The van der Waals surface area contributed by atoms with Gasteiger partial charge in [0.2, 0.25) is 5.91 Å². The van der Waals surface area contributed by atoms with Crippen LogP contribution in [0.3, 0.4) is 0 Å². The fraction of sp³-hybridized carbons (Fsp3) is 0.538. The Morgan fingerprint density at radius 3 is 2.81 bits per heavy atom. The van der Waals surface area contributed by atoms with Gasteiger partial charge in [-0.2, -0.15) is 5.26 Å². The lowest BCUT2D eigenvalue weighted by Gasteiger charge is -2.27. The maximum atomic E-state index is 11.9. The van der Waals surface area contributed by atoms with E-state index in [1.807, 2.05) is 13.8 Å². The maximum absolute atomic E-state index is 11.9. The third-order valence-electron chi connectivity index (χ3n) is 2.98. The smallest absolute Gasteiger partial charge is 0.309 e. The average Bonchev–Trinajstić information content (AvgIpc) is 2.82. The predicted molar refractivity (Wildman–Crippen MR) is 81.2 cm³/mol. The Morgan fingerprint density at radius 1 is 1.62 bits per heavy atom. The molecule has 1 atom stereocenters. The number of carbonyl (C=O) groups is 2. The Balaban J connectivity index is 2.52. The van der Waals surface area contributed by atoms with Crippen LogP contribution in [-0.2, 0) is 16.0 Å². The molecule has 0 saturated heterocycles. The second kappa shape index (κ2) is 7.43. The van der Waals surface area contributed by atoms with Crippen molar-refractivity contribution in [2.24, 2.45) is 5.92 Å². The van der Waals surface area contributed by atoms with E-state index in [2.05, 4.69) is 16.4 Å². The van der Waals surface area contributed by atoms with E-state index >= 15 is 0 Å². The van der Waals surface area contributed by atoms with E-state index in [-0.39, 0.29) is 24.0 Å². The first-order valence-corrected chi connectivity index (χ1v) is 8.14. The molecule has 1 heterocycles. The second-order valence-electron chi connectivity index (χ2n) is 4.98. The molecule has 0 saturated carbocycles. The highest BCUT2D eigenvalue weighted by Crippen LogP contribution is 2.23. The molecule has 0 radical (unpaired) electrons. The highest BCUT2D eigenvalue weighted by molar-refractivity contribution is 8.01. The van der Waals surface area contributed by atoms with Gasteiger partial charge >= 0.3 is 5.97 Å². The highest BCUT2D eigenvalue weighted by atomic mass is 32.2. The number of carbonyl (C=O) groups excluding carboxylic acids is 1. The van der Waals surface area contributed by atoms with Gasteiger partial charge in [-0.15, -0.1) is 11.3 Å². The molecular formula is C13H17N3O3S2.